The molecule has 0 aromatic heterocycles. The normalized spacial score (nSPS) is 12.7. The number of alkyl halides is 1. The number of rotatable bonds is 5. The molecule has 0 saturated heterocycles. The smallest absolute Gasteiger partial charge is 0.306 e. The lowest BCUT2D eigenvalue weighted by molar-refractivity contribution is 0.0893. The van der Waals surface area contributed by atoms with Crippen LogP contribution in [0.1, 0.15) is 17.3 Å². The third-order valence-corrected chi connectivity index (χ3v) is 3.46. The standard InChI is InChI=1S/C16H15FO4S/c1-11(17)16(18)14-5-3-12(4-6-14)13-7-9-15(10-8-13)21-22(2,19)20/h3-11H,1-2H3. The lowest BCUT2D eigenvalue weighted by atomic mass is 10.0. The van der Waals surface area contributed by atoms with Crippen molar-refractivity contribution in [3.63, 3.8) is 0 Å². The zero-order valence-electron chi connectivity index (χ0n) is 12.1. The lowest BCUT2D eigenvalue weighted by Crippen LogP contribution is -2.11. The van der Waals surface area contributed by atoms with Crippen LogP contribution in [0.4, 0.5) is 4.39 Å². The van der Waals surface area contributed by atoms with E-state index in [-0.39, 0.29) is 5.75 Å². The van der Waals surface area contributed by atoms with Gasteiger partial charge in [-0.15, -0.1) is 0 Å². The van der Waals surface area contributed by atoms with Crippen molar-refractivity contribution in [2.45, 2.75) is 13.1 Å². The molecular weight excluding hydrogens is 307 g/mol. The Morgan fingerprint density at radius 3 is 1.86 bits per heavy atom. The largest absolute Gasteiger partial charge is 0.383 e. The molecule has 0 heterocycles. The summed E-state index contributed by atoms with van der Waals surface area (Å²) in [5, 5.41) is 0. The topological polar surface area (TPSA) is 60.4 Å². The van der Waals surface area contributed by atoms with Crippen LogP contribution in [0.5, 0.6) is 5.75 Å². The summed E-state index contributed by atoms with van der Waals surface area (Å²) in [5.74, 6) is -0.326. The highest BCUT2D eigenvalue weighted by molar-refractivity contribution is 7.86. The molecule has 4 nitrogen and oxygen atoms in total. The number of benzene rings is 2. The van der Waals surface area contributed by atoms with Crippen molar-refractivity contribution < 1.29 is 21.8 Å². The van der Waals surface area contributed by atoms with E-state index in [0.29, 0.717) is 5.56 Å². The predicted octanol–water partition coefficient (Wildman–Crippen LogP) is 3.23. The minimum absolute atomic E-state index is 0.226. The Labute approximate surface area is 128 Å². The Bertz CT molecular complexity index is 763. The Kier molecular flexibility index (Phi) is 4.61. The summed E-state index contributed by atoms with van der Waals surface area (Å²) in [4.78, 5) is 11.5. The van der Waals surface area contributed by atoms with E-state index in [4.69, 9.17) is 4.18 Å². The maximum Gasteiger partial charge on any atom is 0.306 e. The minimum Gasteiger partial charge on any atom is -0.383 e. The van der Waals surface area contributed by atoms with Crippen LogP contribution in [0, 0.1) is 0 Å². The lowest BCUT2D eigenvalue weighted by Gasteiger charge is -2.06. The first-order chi connectivity index (χ1) is 10.3. The number of Topliss-reactive ketones (excluding diaryl/α,β-unsaturated/α-hetero) is 1. The molecule has 1 atom stereocenters. The number of hydrogen-bond donors (Lipinski definition) is 0. The zero-order valence-corrected chi connectivity index (χ0v) is 12.9. The molecule has 2 aromatic rings. The van der Waals surface area contributed by atoms with Gasteiger partial charge in [0.25, 0.3) is 0 Å². The van der Waals surface area contributed by atoms with Crippen LogP contribution in [-0.4, -0.2) is 26.6 Å². The maximum absolute atomic E-state index is 13.0. The highest BCUT2D eigenvalue weighted by Crippen LogP contribution is 2.23. The maximum atomic E-state index is 13.0. The fourth-order valence-corrected chi connectivity index (χ4v) is 2.40. The fourth-order valence-electron chi connectivity index (χ4n) is 1.93. The van der Waals surface area contributed by atoms with Gasteiger partial charge in [-0.05, 0) is 30.2 Å². The van der Waals surface area contributed by atoms with Crippen molar-refractivity contribution in [3.05, 3.63) is 54.1 Å². The number of ketones is 1. The van der Waals surface area contributed by atoms with Crippen molar-refractivity contribution in [3.8, 4) is 16.9 Å². The van der Waals surface area contributed by atoms with Crippen LogP contribution in [-0.2, 0) is 10.1 Å². The summed E-state index contributed by atoms with van der Waals surface area (Å²) >= 11 is 0. The predicted molar refractivity (Wildman–Crippen MR) is 82.3 cm³/mol. The molecule has 2 aromatic carbocycles. The molecule has 0 saturated carbocycles. The number of hydrogen-bond acceptors (Lipinski definition) is 4. The molecule has 0 aliphatic heterocycles. The molecule has 0 spiro atoms. The molecule has 0 aliphatic rings. The van der Waals surface area contributed by atoms with Crippen LogP contribution in [0.3, 0.4) is 0 Å². The molecule has 116 valence electrons. The van der Waals surface area contributed by atoms with Crippen LogP contribution in [0.15, 0.2) is 48.5 Å². The van der Waals surface area contributed by atoms with Gasteiger partial charge in [-0.1, -0.05) is 36.4 Å². The molecule has 6 heteroatoms. The molecular formula is C16H15FO4S. The SMILES string of the molecule is CC(F)C(=O)c1ccc(-c2ccc(OS(C)(=O)=O)cc2)cc1. The van der Waals surface area contributed by atoms with Gasteiger partial charge in [0.15, 0.2) is 12.0 Å². The average Bonchev–Trinajstić information content (AvgIpc) is 2.46. The van der Waals surface area contributed by atoms with Crippen molar-refractivity contribution >= 4 is 15.9 Å². The van der Waals surface area contributed by atoms with Gasteiger partial charge in [0.1, 0.15) is 5.75 Å². The number of carbonyl (C=O) groups excluding carboxylic acids is 1. The Hall–Kier alpha value is -2.21. The van der Waals surface area contributed by atoms with Gasteiger partial charge in [-0.3, -0.25) is 4.79 Å². The Morgan fingerprint density at radius 1 is 1.00 bits per heavy atom. The van der Waals surface area contributed by atoms with Crippen LogP contribution < -0.4 is 4.18 Å². The van der Waals surface area contributed by atoms with Gasteiger partial charge in [-0.25, -0.2) is 4.39 Å². The van der Waals surface area contributed by atoms with E-state index >= 15 is 0 Å². The van der Waals surface area contributed by atoms with Gasteiger partial charge >= 0.3 is 10.1 Å². The first kappa shape index (κ1) is 16.2. The molecule has 0 bridgehead atoms. The van der Waals surface area contributed by atoms with E-state index in [0.717, 1.165) is 17.4 Å². The Balaban J connectivity index is 2.20. The van der Waals surface area contributed by atoms with E-state index in [9.17, 15) is 17.6 Å². The third kappa shape index (κ3) is 4.14. The summed E-state index contributed by atoms with van der Waals surface area (Å²) in [6.45, 7) is 1.21. The molecule has 1 unspecified atom stereocenters. The average molecular weight is 322 g/mol. The second-order valence-corrected chi connectivity index (χ2v) is 6.44. The van der Waals surface area contributed by atoms with Crippen molar-refractivity contribution in [2.24, 2.45) is 0 Å². The van der Waals surface area contributed by atoms with E-state index < -0.39 is 22.1 Å². The van der Waals surface area contributed by atoms with Gasteiger partial charge in [-0.2, -0.15) is 8.42 Å². The second-order valence-electron chi connectivity index (χ2n) is 4.87. The second kappa shape index (κ2) is 6.27. The van der Waals surface area contributed by atoms with Crippen LogP contribution >= 0.6 is 0 Å². The molecule has 22 heavy (non-hydrogen) atoms. The summed E-state index contributed by atoms with van der Waals surface area (Å²) in [7, 11) is -3.55. The minimum atomic E-state index is -3.55. The zero-order chi connectivity index (χ0) is 16.3. The van der Waals surface area contributed by atoms with Gasteiger partial charge < -0.3 is 4.18 Å². The van der Waals surface area contributed by atoms with E-state index in [1.807, 2.05) is 0 Å². The molecule has 0 fully saturated rings. The van der Waals surface area contributed by atoms with E-state index in [2.05, 4.69) is 0 Å². The summed E-state index contributed by atoms with van der Waals surface area (Å²) in [6, 6.07) is 13.0. The first-order valence-corrected chi connectivity index (χ1v) is 8.36. The Morgan fingerprint density at radius 2 is 1.45 bits per heavy atom. The molecule has 0 aliphatic carbocycles. The third-order valence-electron chi connectivity index (χ3n) is 2.97. The number of halogens is 1. The fraction of sp³-hybridized carbons (Fsp3) is 0.188. The van der Waals surface area contributed by atoms with Gasteiger partial charge in [0.2, 0.25) is 0 Å². The van der Waals surface area contributed by atoms with Crippen molar-refractivity contribution in [1.29, 1.82) is 0 Å². The van der Waals surface area contributed by atoms with Gasteiger partial charge in [0.05, 0.1) is 6.26 Å². The summed E-state index contributed by atoms with van der Waals surface area (Å²) < 4.78 is 39.8. The summed E-state index contributed by atoms with van der Waals surface area (Å²) in [6.07, 6.45) is -0.555. The highest BCUT2D eigenvalue weighted by Gasteiger charge is 2.13. The molecule has 2 rings (SSSR count). The van der Waals surface area contributed by atoms with E-state index in [1.165, 1.54) is 6.92 Å². The molecule has 0 radical (unpaired) electrons. The van der Waals surface area contributed by atoms with Crippen molar-refractivity contribution in [1.82, 2.24) is 0 Å². The van der Waals surface area contributed by atoms with E-state index in [1.54, 1.807) is 48.5 Å². The quantitative estimate of drug-likeness (QED) is 0.626. The number of carbonyl (C=O) groups is 1. The molecule has 0 amide bonds. The summed E-state index contributed by atoms with van der Waals surface area (Å²) in [5.41, 5.74) is 1.97. The van der Waals surface area contributed by atoms with Crippen LogP contribution in [0.25, 0.3) is 11.1 Å². The highest BCUT2D eigenvalue weighted by atomic mass is 32.2. The monoisotopic (exact) mass is 322 g/mol. The van der Waals surface area contributed by atoms with Crippen molar-refractivity contribution in [2.75, 3.05) is 6.26 Å². The van der Waals surface area contributed by atoms with Crippen LogP contribution in [0.2, 0.25) is 0 Å². The van der Waals surface area contributed by atoms with Gasteiger partial charge in [0, 0.05) is 5.56 Å². The molecule has 0 N–H and O–H groups in total. The first-order valence-electron chi connectivity index (χ1n) is 6.54.